The molecule has 2 aliphatic heterocycles. The van der Waals surface area contributed by atoms with Crippen molar-refractivity contribution in [1.29, 1.82) is 0 Å². The fourth-order valence-corrected chi connectivity index (χ4v) is 2.32. The molecule has 3 amide bonds. The van der Waals surface area contributed by atoms with E-state index in [1.807, 2.05) is 0 Å². The van der Waals surface area contributed by atoms with Gasteiger partial charge < -0.3 is 4.90 Å². The van der Waals surface area contributed by atoms with Crippen molar-refractivity contribution in [2.75, 3.05) is 33.2 Å². The SMILES string of the molecule is CN1C(=O)N(CCN2CCC2)C(=O)/C1=C/Br. The average molecular weight is 288 g/mol. The predicted octanol–water partition coefficient (Wildman–Crippen LogP) is 0.822. The summed E-state index contributed by atoms with van der Waals surface area (Å²) in [5.74, 6) is -0.218. The van der Waals surface area contributed by atoms with Crippen molar-refractivity contribution in [3.63, 3.8) is 0 Å². The summed E-state index contributed by atoms with van der Waals surface area (Å²) >= 11 is 3.10. The van der Waals surface area contributed by atoms with Crippen LogP contribution in [0.1, 0.15) is 6.42 Å². The van der Waals surface area contributed by atoms with Gasteiger partial charge in [-0.2, -0.15) is 0 Å². The van der Waals surface area contributed by atoms with Gasteiger partial charge in [-0.1, -0.05) is 15.9 Å². The Balaban J connectivity index is 1.98. The number of hydrogen-bond acceptors (Lipinski definition) is 3. The molecule has 0 spiro atoms. The van der Waals surface area contributed by atoms with Gasteiger partial charge in [-0.05, 0) is 19.5 Å². The van der Waals surface area contributed by atoms with E-state index in [1.54, 1.807) is 7.05 Å². The third-order valence-corrected chi connectivity index (χ3v) is 3.47. The molecule has 2 saturated heterocycles. The number of rotatable bonds is 3. The highest BCUT2D eigenvalue weighted by Gasteiger charge is 2.38. The van der Waals surface area contributed by atoms with Gasteiger partial charge in [0.2, 0.25) is 0 Å². The molecule has 0 atom stereocenters. The summed E-state index contributed by atoms with van der Waals surface area (Å²) in [6.07, 6.45) is 1.22. The second-order valence-electron chi connectivity index (χ2n) is 3.99. The van der Waals surface area contributed by atoms with Crippen LogP contribution in [-0.2, 0) is 4.79 Å². The molecule has 88 valence electrons. The molecule has 0 aromatic heterocycles. The summed E-state index contributed by atoms with van der Waals surface area (Å²) in [7, 11) is 1.61. The molecule has 16 heavy (non-hydrogen) atoms. The van der Waals surface area contributed by atoms with E-state index < -0.39 is 0 Å². The number of likely N-dealkylation sites (tertiary alicyclic amines) is 1. The Bertz CT molecular complexity index is 352. The third kappa shape index (κ3) is 1.87. The maximum absolute atomic E-state index is 11.8. The second kappa shape index (κ2) is 4.55. The quantitative estimate of drug-likeness (QED) is 0.570. The molecule has 0 saturated carbocycles. The first-order valence-corrected chi connectivity index (χ1v) is 6.19. The van der Waals surface area contributed by atoms with Crippen LogP contribution in [0.25, 0.3) is 0 Å². The number of likely N-dealkylation sites (N-methyl/N-ethyl adjacent to an activating group) is 1. The number of urea groups is 1. The zero-order chi connectivity index (χ0) is 11.7. The van der Waals surface area contributed by atoms with Crippen LogP contribution in [0.5, 0.6) is 0 Å². The Morgan fingerprint density at radius 1 is 1.31 bits per heavy atom. The van der Waals surface area contributed by atoms with Crippen LogP contribution in [-0.4, -0.2) is 59.9 Å². The summed E-state index contributed by atoms with van der Waals surface area (Å²) in [6.45, 7) is 3.41. The molecule has 0 N–H and O–H groups in total. The lowest BCUT2D eigenvalue weighted by Crippen LogP contribution is -2.44. The first-order valence-electron chi connectivity index (χ1n) is 5.27. The number of carbonyl (C=O) groups is 2. The van der Waals surface area contributed by atoms with Crippen molar-refractivity contribution in [3.8, 4) is 0 Å². The standard InChI is InChI=1S/C10H14BrN3O2/c1-12-8(7-11)9(15)14(10(12)16)6-5-13-3-2-4-13/h7H,2-6H2,1H3/b8-7-. The number of amides is 3. The average Bonchev–Trinajstić information content (AvgIpc) is 2.39. The predicted molar refractivity (Wildman–Crippen MR) is 62.9 cm³/mol. The summed E-state index contributed by atoms with van der Waals surface area (Å²) < 4.78 is 0. The van der Waals surface area contributed by atoms with Gasteiger partial charge in [-0.25, -0.2) is 4.79 Å². The minimum atomic E-state index is -0.240. The molecule has 2 aliphatic rings. The summed E-state index contributed by atoms with van der Waals surface area (Å²) in [6, 6.07) is -0.240. The molecular weight excluding hydrogens is 274 g/mol. The van der Waals surface area contributed by atoms with Crippen molar-refractivity contribution in [2.24, 2.45) is 0 Å². The highest BCUT2D eigenvalue weighted by Crippen LogP contribution is 2.20. The Morgan fingerprint density at radius 3 is 2.44 bits per heavy atom. The Hall–Kier alpha value is -0.880. The zero-order valence-corrected chi connectivity index (χ0v) is 10.7. The highest BCUT2D eigenvalue weighted by atomic mass is 79.9. The number of halogens is 1. The van der Waals surface area contributed by atoms with Crippen LogP contribution >= 0.6 is 15.9 Å². The molecule has 2 fully saturated rings. The van der Waals surface area contributed by atoms with Gasteiger partial charge in [-0.15, -0.1) is 0 Å². The number of carbonyl (C=O) groups excluding carboxylic acids is 2. The maximum atomic E-state index is 11.8. The van der Waals surface area contributed by atoms with Crippen molar-refractivity contribution in [2.45, 2.75) is 6.42 Å². The molecule has 0 aromatic carbocycles. The molecule has 0 unspecified atom stereocenters. The smallest absolute Gasteiger partial charge is 0.301 e. The van der Waals surface area contributed by atoms with E-state index >= 15 is 0 Å². The van der Waals surface area contributed by atoms with Crippen molar-refractivity contribution in [1.82, 2.24) is 14.7 Å². The molecule has 0 bridgehead atoms. The first-order chi connectivity index (χ1) is 7.65. The molecule has 0 aromatic rings. The minimum Gasteiger partial charge on any atom is -0.301 e. The normalized spacial score (nSPS) is 24.5. The molecular formula is C10H14BrN3O2. The van der Waals surface area contributed by atoms with Crippen LogP contribution in [0.2, 0.25) is 0 Å². The van der Waals surface area contributed by atoms with Crippen LogP contribution < -0.4 is 0 Å². The van der Waals surface area contributed by atoms with E-state index in [4.69, 9.17) is 0 Å². The molecule has 5 nitrogen and oxygen atoms in total. The van der Waals surface area contributed by atoms with E-state index in [-0.39, 0.29) is 11.9 Å². The molecule has 2 rings (SSSR count). The lowest BCUT2D eigenvalue weighted by molar-refractivity contribution is -0.123. The number of imide groups is 1. The van der Waals surface area contributed by atoms with Crippen LogP contribution in [0, 0.1) is 0 Å². The summed E-state index contributed by atoms with van der Waals surface area (Å²) in [5.41, 5.74) is 0.397. The molecule has 0 radical (unpaired) electrons. The fourth-order valence-electron chi connectivity index (χ4n) is 1.82. The van der Waals surface area contributed by atoms with Crippen molar-refractivity contribution < 1.29 is 9.59 Å². The highest BCUT2D eigenvalue weighted by molar-refractivity contribution is 9.11. The second-order valence-corrected chi connectivity index (χ2v) is 4.45. The zero-order valence-electron chi connectivity index (χ0n) is 9.15. The lowest BCUT2D eigenvalue weighted by Gasteiger charge is -2.31. The van der Waals surface area contributed by atoms with Gasteiger partial charge in [0.15, 0.2) is 0 Å². The maximum Gasteiger partial charge on any atom is 0.331 e. The number of nitrogens with zero attached hydrogens (tertiary/aromatic N) is 3. The molecule has 6 heteroatoms. The minimum absolute atomic E-state index is 0.218. The van der Waals surface area contributed by atoms with E-state index in [0.717, 1.165) is 19.6 Å². The lowest BCUT2D eigenvalue weighted by atomic mass is 10.2. The Kier molecular flexibility index (Phi) is 3.30. The Morgan fingerprint density at radius 2 is 2.00 bits per heavy atom. The molecule has 2 heterocycles. The van der Waals surface area contributed by atoms with E-state index in [1.165, 1.54) is 21.2 Å². The fraction of sp³-hybridized carbons (Fsp3) is 0.600. The van der Waals surface area contributed by atoms with Gasteiger partial charge in [0.25, 0.3) is 5.91 Å². The van der Waals surface area contributed by atoms with Gasteiger partial charge in [0.05, 0.1) is 0 Å². The van der Waals surface area contributed by atoms with Crippen LogP contribution in [0.15, 0.2) is 10.7 Å². The summed E-state index contributed by atoms with van der Waals surface area (Å²) in [5, 5.41) is 0. The van der Waals surface area contributed by atoms with E-state index in [9.17, 15) is 9.59 Å². The van der Waals surface area contributed by atoms with E-state index in [2.05, 4.69) is 20.8 Å². The Labute approximate surface area is 103 Å². The van der Waals surface area contributed by atoms with Crippen molar-refractivity contribution >= 4 is 27.9 Å². The van der Waals surface area contributed by atoms with Gasteiger partial charge >= 0.3 is 6.03 Å². The van der Waals surface area contributed by atoms with E-state index in [0.29, 0.717) is 12.2 Å². The summed E-state index contributed by atoms with van der Waals surface area (Å²) in [4.78, 5) is 30.0. The topological polar surface area (TPSA) is 43.9 Å². The van der Waals surface area contributed by atoms with Crippen LogP contribution in [0.3, 0.4) is 0 Å². The van der Waals surface area contributed by atoms with Gasteiger partial charge in [-0.3, -0.25) is 14.6 Å². The first kappa shape index (κ1) is 11.6. The third-order valence-electron chi connectivity index (χ3n) is 3.04. The molecule has 0 aliphatic carbocycles. The van der Waals surface area contributed by atoms with Gasteiger partial charge in [0, 0.05) is 25.1 Å². The van der Waals surface area contributed by atoms with Crippen molar-refractivity contribution in [3.05, 3.63) is 10.7 Å². The van der Waals surface area contributed by atoms with Crippen LogP contribution in [0.4, 0.5) is 4.79 Å². The largest absolute Gasteiger partial charge is 0.331 e. The monoisotopic (exact) mass is 287 g/mol. The number of hydrogen-bond donors (Lipinski definition) is 0. The van der Waals surface area contributed by atoms with Gasteiger partial charge in [0.1, 0.15) is 5.70 Å².